The number of rotatable bonds is 8. The molecule has 0 aliphatic heterocycles. The minimum Gasteiger partial charge on any atom is -0.355 e. The third-order valence-corrected chi connectivity index (χ3v) is 3.68. The van der Waals surface area contributed by atoms with Crippen molar-refractivity contribution in [1.82, 2.24) is 15.5 Å². The molecule has 21 heavy (non-hydrogen) atoms. The van der Waals surface area contributed by atoms with E-state index in [1.54, 1.807) is 7.05 Å². The second-order valence-corrected chi connectivity index (χ2v) is 5.51. The van der Waals surface area contributed by atoms with E-state index in [1.807, 2.05) is 24.3 Å². The van der Waals surface area contributed by atoms with Gasteiger partial charge < -0.3 is 15.5 Å². The molecule has 5 heteroatoms. The summed E-state index contributed by atoms with van der Waals surface area (Å²) < 4.78 is 0. The summed E-state index contributed by atoms with van der Waals surface area (Å²) >= 11 is 6.14. The van der Waals surface area contributed by atoms with E-state index in [9.17, 15) is 0 Å². The molecule has 1 aromatic carbocycles. The Morgan fingerprint density at radius 2 is 2.00 bits per heavy atom. The lowest BCUT2D eigenvalue weighted by Crippen LogP contribution is -2.40. The zero-order chi connectivity index (χ0) is 15.5. The fourth-order valence-corrected chi connectivity index (χ4v) is 2.15. The summed E-state index contributed by atoms with van der Waals surface area (Å²) in [6.07, 6.45) is 2.48. The van der Waals surface area contributed by atoms with Crippen LogP contribution in [0.4, 0.5) is 0 Å². The summed E-state index contributed by atoms with van der Waals surface area (Å²) in [7, 11) is 3.93. The van der Waals surface area contributed by atoms with Gasteiger partial charge in [0.25, 0.3) is 0 Å². The molecule has 1 aromatic rings. The van der Waals surface area contributed by atoms with Gasteiger partial charge in [-0.1, -0.05) is 43.1 Å². The molecule has 0 fully saturated rings. The maximum atomic E-state index is 6.14. The number of aliphatic imine (C=N–C) groups is 1. The highest BCUT2D eigenvalue weighted by Gasteiger charge is 2.02. The first-order valence-electron chi connectivity index (χ1n) is 7.53. The molecule has 0 aliphatic carbocycles. The van der Waals surface area contributed by atoms with Crippen LogP contribution < -0.4 is 10.6 Å². The standard InChI is InChI=1S/C16H27ClN4/c1-4-5-11-21(3)12-10-19-16(18-2)20-13-14-8-6-7-9-15(14)17/h6-9H,4-5,10-13H2,1-3H3,(H2,18,19,20). The van der Waals surface area contributed by atoms with Gasteiger partial charge >= 0.3 is 0 Å². The number of unbranched alkanes of at least 4 members (excludes halogenated alkanes) is 1. The molecule has 118 valence electrons. The SMILES string of the molecule is CCCCN(C)CCNC(=NC)NCc1ccccc1Cl. The van der Waals surface area contributed by atoms with Gasteiger partial charge in [-0.2, -0.15) is 0 Å². The Kier molecular flexibility index (Phi) is 8.87. The summed E-state index contributed by atoms with van der Waals surface area (Å²) in [6, 6.07) is 7.84. The van der Waals surface area contributed by atoms with E-state index in [1.165, 1.54) is 12.8 Å². The third-order valence-electron chi connectivity index (χ3n) is 3.31. The molecule has 0 aromatic heterocycles. The highest BCUT2D eigenvalue weighted by atomic mass is 35.5. The molecular formula is C16H27ClN4. The maximum Gasteiger partial charge on any atom is 0.191 e. The van der Waals surface area contributed by atoms with Gasteiger partial charge in [0.2, 0.25) is 0 Å². The topological polar surface area (TPSA) is 39.7 Å². The number of nitrogens with one attached hydrogen (secondary N) is 2. The van der Waals surface area contributed by atoms with Gasteiger partial charge in [0.1, 0.15) is 0 Å². The van der Waals surface area contributed by atoms with Crippen molar-refractivity contribution >= 4 is 17.6 Å². The van der Waals surface area contributed by atoms with E-state index < -0.39 is 0 Å². The van der Waals surface area contributed by atoms with E-state index in [0.29, 0.717) is 6.54 Å². The number of likely N-dealkylation sites (N-methyl/N-ethyl adjacent to an activating group) is 1. The number of hydrogen-bond acceptors (Lipinski definition) is 2. The third kappa shape index (κ3) is 7.34. The smallest absolute Gasteiger partial charge is 0.191 e. The van der Waals surface area contributed by atoms with Crippen LogP contribution in [0.2, 0.25) is 5.02 Å². The minimum absolute atomic E-state index is 0.672. The molecule has 0 radical (unpaired) electrons. The van der Waals surface area contributed by atoms with Gasteiger partial charge in [-0.15, -0.1) is 0 Å². The van der Waals surface area contributed by atoms with Crippen LogP contribution in [0.15, 0.2) is 29.3 Å². The largest absolute Gasteiger partial charge is 0.355 e. The average molecular weight is 311 g/mol. The summed E-state index contributed by atoms with van der Waals surface area (Å²) in [5.74, 6) is 0.804. The Balaban J connectivity index is 2.28. The van der Waals surface area contributed by atoms with E-state index in [2.05, 4.69) is 34.5 Å². The Labute approximate surface area is 133 Å². The molecule has 0 saturated heterocycles. The van der Waals surface area contributed by atoms with E-state index >= 15 is 0 Å². The summed E-state index contributed by atoms with van der Waals surface area (Å²) in [6.45, 7) is 5.91. The number of benzene rings is 1. The summed E-state index contributed by atoms with van der Waals surface area (Å²) in [5.41, 5.74) is 1.07. The zero-order valence-corrected chi connectivity index (χ0v) is 14.1. The molecule has 0 aliphatic rings. The van der Waals surface area contributed by atoms with Crippen molar-refractivity contribution in [2.75, 3.05) is 33.7 Å². The van der Waals surface area contributed by atoms with Crippen LogP contribution in [-0.2, 0) is 6.54 Å². The predicted octanol–water partition coefficient (Wildman–Crippen LogP) is 2.74. The van der Waals surface area contributed by atoms with Crippen LogP contribution in [-0.4, -0.2) is 44.6 Å². The lowest BCUT2D eigenvalue weighted by atomic mass is 10.2. The fraction of sp³-hybridized carbons (Fsp3) is 0.562. The molecule has 0 spiro atoms. The van der Waals surface area contributed by atoms with Crippen LogP contribution in [0.3, 0.4) is 0 Å². The molecule has 0 atom stereocenters. The number of halogens is 1. The zero-order valence-electron chi connectivity index (χ0n) is 13.3. The second-order valence-electron chi connectivity index (χ2n) is 5.10. The minimum atomic E-state index is 0.672. The van der Waals surface area contributed by atoms with Crippen LogP contribution in [0.5, 0.6) is 0 Å². The maximum absolute atomic E-state index is 6.14. The molecule has 0 bridgehead atoms. The molecule has 0 heterocycles. The first-order chi connectivity index (χ1) is 10.2. The van der Waals surface area contributed by atoms with Gasteiger partial charge in [0.05, 0.1) is 0 Å². The number of guanidine groups is 1. The molecule has 1 rings (SSSR count). The normalized spacial score (nSPS) is 11.8. The molecule has 4 nitrogen and oxygen atoms in total. The number of nitrogens with zero attached hydrogens (tertiary/aromatic N) is 2. The molecule has 0 amide bonds. The molecule has 0 unspecified atom stereocenters. The Hall–Kier alpha value is -1.26. The fourth-order valence-electron chi connectivity index (χ4n) is 1.95. The lowest BCUT2D eigenvalue weighted by Gasteiger charge is -2.18. The molecule has 0 saturated carbocycles. The van der Waals surface area contributed by atoms with Crippen molar-refractivity contribution in [3.63, 3.8) is 0 Å². The quantitative estimate of drug-likeness (QED) is 0.573. The second kappa shape index (κ2) is 10.5. The van der Waals surface area contributed by atoms with E-state index in [-0.39, 0.29) is 0 Å². The van der Waals surface area contributed by atoms with Crippen molar-refractivity contribution in [3.05, 3.63) is 34.9 Å². The van der Waals surface area contributed by atoms with Gasteiger partial charge in [-0.25, -0.2) is 0 Å². The average Bonchev–Trinajstić information content (AvgIpc) is 2.50. The van der Waals surface area contributed by atoms with Crippen molar-refractivity contribution in [2.24, 2.45) is 4.99 Å². The highest BCUT2D eigenvalue weighted by molar-refractivity contribution is 6.31. The van der Waals surface area contributed by atoms with Gasteiger partial charge in [-0.05, 0) is 31.6 Å². The van der Waals surface area contributed by atoms with Crippen LogP contribution in [0.1, 0.15) is 25.3 Å². The first-order valence-corrected chi connectivity index (χ1v) is 7.91. The summed E-state index contributed by atoms with van der Waals surface area (Å²) in [4.78, 5) is 6.56. The Morgan fingerprint density at radius 1 is 1.24 bits per heavy atom. The summed E-state index contributed by atoms with van der Waals surface area (Å²) in [5, 5.41) is 7.38. The predicted molar refractivity (Wildman–Crippen MR) is 92.1 cm³/mol. The lowest BCUT2D eigenvalue weighted by molar-refractivity contribution is 0.332. The van der Waals surface area contributed by atoms with Crippen LogP contribution in [0, 0.1) is 0 Å². The van der Waals surface area contributed by atoms with Gasteiger partial charge in [0.15, 0.2) is 5.96 Å². The van der Waals surface area contributed by atoms with Crippen LogP contribution >= 0.6 is 11.6 Å². The van der Waals surface area contributed by atoms with E-state index in [0.717, 1.165) is 36.2 Å². The number of hydrogen-bond donors (Lipinski definition) is 2. The van der Waals surface area contributed by atoms with Crippen molar-refractivity contribution < 1.29 is 0 Å². The monoisotopic (exact) mass is 310 g/mol. The Bertz CT molecular complexity index is 434. The van der Waals surface area contributed by atoms with Gasteiger partial charge in [0, 0.05) is 31.7 Å². The van der Waals surface area contributed by atoms with Crippen molar-refractivity contribution in [1.29, 1.82) is 0 Å². The van der Waals surface area contributed by atoms with Crippen LogP contribution in [0.25, 0.3) is 0 Å². The van der Waals surface area contributed by atoms with Gasteiger partial charge in [-0.3, -0.25) is 4.99 Å². The molecular weight excluding hydrogens is 284 g/mol. The van der Waals surface area contributed by atoms with Crippen molar-refractivity contribution in [2.45, 2.75) is 26.3 Å². The highest BCUT2D eigenvalue weighted by Crippen LogP contribution is 2.14. The molecule has 2 N–H and O–H groups in total. The first kappa shape index (κ1) is 17.8. The van der Waals surface area contributed by atoms with E-state index in [4.69, 9.17) is 11.6 Å². The Morgan fingerprint density at radius 3 is 2.67 bits per heavy atom. The van der Waals surface area contributed by atoms with Crippen molar-refractivity contribution in [3.8, 4) is 0 Å².